The lowest BCUT2D eigenvalue weighted by molar-refractivity contribution is 0.185. The molecule has 16 heavy (non-hydrogen) atoms. The van der Waals surface area contributed by atoms with Crippen LogP contribution in [0.5, 0.6) is 0 Å². The number of methoxy groups -OCH3 is 1. The molecule has 0 saturated carbocycles. The quantitative estimate of drug-likeness (QED) is 0.832. The van der Waals surface area contributed by atoms with E-state index in [9.17, 15) is 5.11 Å². The summed E-state index contributed by atoms with van der Waals surface area (Å²) in [6.07, 6.45) is 0. The average Bonchev–Trinajstić information content (AvgIpc) is 2.27. The topological polar surface area (TPSA) is 42.6 Å². The van der Waals surface area contributed by atoms with Crippen LogP contribution in [0.1, 0.15) is 11.1 Å². The van der Waals surface area contributed by atoms with Crippen LogP contribution in [0.2, 0.25) is 0 Å². The number of hydrogen-bond acceptors (Lipinski definition) is 4. The van der Waals surface area contributed by atoms with E-state index in [-0.39, 0.29) is 6.61 Å². The normalized spacial score (nSPS) is 10.9. The van der Waals surface area contributed by atoms with Crippen molar-refractivity contribution in [2.75, 3.05) is 7.11 Å². The van der Waals surface area contributed by atoms with E-state index in [4.69, 9.17) is 21.4 Å². The zero-order valence-corrected chi connectivity index (χ0v) is 9.71. The molecular weight excluding hydrogens is 224 g/mol. The van der Waals surface area contributed by atoms with Crippen molar-refractivity contribution in [1.29, 1.82) is 0 Å². The van der Waals surface area contributed by atoms with Crippen LogP contribution in [0.4, 0.5) is 0 Å². The van der Waals surface area contributed by atoms with Gasteiger partial charge in [0.2, 0.25) is 0 Å². The summed E-state index contributed by atoms with van der Waals surface area (Å²) in [7, 11) is 1.64. The Labute approximate surface area is 98.3 Å². The molecule has 1 aromatic heterocycles. The third-order valence-electron chi connectivity index (χ3n) is 2.38. The molecule has 0 bridgehead atoms. The van der Waals surface area contributed by atoms with Gasteiger partial charge in [0.05, 0.1) is 13.2 Å². The van der Waals surface area contributed by atoms with Crippen LogP contribution in [-0.4, -0.2) is 12.2 Å². The Morgan fingerprint density at radius 2 is 2.19 bits per heavy atom. The lowest BCUT2D eigenvalue weighted by Crippen LogP contribution is -1.90. The minimum Gasteiger partial charge on any atom is -0.445 e. The van der Waals surface area contributed by atoms with Crippen molar-refractivity contribution in [3.63, 3.8) is 0 Å². The molecule has 0 saturated heterocycles. The maximum atomic E-state index is 9.22. The van der Waals surface area contributed by atoms with Gasteiger partial charge in [0, 0.05) is 12.5 Å². The molecule has 0 aliphatic carbocycles. The number of ether oxygens (including phenoxy) is 1. The van der Waals surface area contributed by atoms with E-state index in [1.165, 1.54) is 0 Å². The lowest BCUT2D eigenvalue weighted by atomic mass is 10.1. The maximum Gasteiger partial charge on any atom is 0.191 e. The lowest BCUT2D eigenvalue weighted by Gasteiger charge is -2.05. The van der Waals surface area contributed by atoms with Gasteiger partial charge in [0.1, 0.15) is 5.58 Å². The zero-order chi connectivity index (χ0) is 11.5. The number of hydrogen-bond donors (Lipinski definition) is 1. The van der Waals surface area contributed by atoms with Crippen molar-refractivity contribution in [3.8, 4) is 0 Å². The third kappa shape index (κ3) is 2.14. The van der Waals surface area contributed by atoms with Crippen LogP contribution >= 0.6 is 12.2 Å². The second-order valence-electron chi connectivity index (χ2n) is 3.51. The molecule has 0 atom stereocenters. The highest BCUT2D eigenvalue weighted by atomic mass is 32.1. The van der Waals surface area contributed by atoms with Crippen LogP contribution in [0.25, 0.3) is 11.0 Å². The van der Waals surface area contributed by atoms with Crippen molar-refractivity contribution in [2.45, 2.75) is 13.2 Å². The largest absolute Gasteiger partial charge is 0.445 e. The summed E-state index contributed by atoms with van der Waals surface area (Å²) in [6.45, 7) is 0.488. The van der Waals surface area contributed by atoms with Gasteiger partial charge in [0.15, 0.2) is 4.71 Å². The number of aliphatic hydroxyl groups excluding tert-OH is 1. The SMILES string of the molecule is COCc1ccc2c(CO)cc(=S)oc2c1. The number of aliphatic hydroxyl groups is 1. The fraction of sp³-hybridized carbons (Fsp3) is 0.250. The van der Waals surface area contributed by atoms with Crippen molar-refractivity contribution in [1.82, 2.24) is 0 Å². The molecule has 2 aromatic rings. The Morgan fingerprint density at radius 1 is 1.38 bits per heavy atom. The second-order valence-corrected chi connectivity index (χ2v) is 3.91. The Morgan fingerprint density at radius 3 is 2.88 bits per heavy atom. The van der Waals surface area contributed by atoms with Crippen molar-refractivity contribution < 1.29 is 14.3 Å². The van der Waals surface area contributed by atoms with Crippen LogP contribution in [-0.2, 0) is 18.0 Å². The van der Waals surface area contributed by atoms with Gasteiger partial charge in [-0.3, -0.25) is 0 Å². The minimum absolute atomic E-state index is 0.0415. The van der Waals surface area contributed by atoms with Gasteiger partial charge in [-0.1, -0.05) is 12.1 Å². The summed E-state index contributed by atoms with van der Waals surface area (Å²) in [4.78, 5) is 0. The molecule has 0 amide bonds. The van der Waals surface area contributed by atoms with Crippen LogP contribution in [0.3, 0.4) is 0 Å². The van der Waals surface area contributed by atoms with Gasteiger partial charge in [-0.25, -0.2) is 0 Å². The van der Waals surface area contributed by atoms with Crippen molar-refractivity contribution >= 4 is 23.2 Å². The van der Waals surface area contributed by atoms with Gasteiger partial charge >= 0.3 is 0 Å². The van der Waals surface area contributed by atoms with Gasteiger partial charge in [-0.05, 0) is 35.5 Å². The first-order chi connectivity index (χ1) is 7.74. The fourth-order valence-electron chi connectivity index (χ4n) is 1.66. The average molecular weight is 236 g/mol. The van der Waals surface area contributed by atoms with Gasteiger partial charge in [-0.2, -0.15) is 0 Å². The molecule has 0 fully saturated rings. The van der Waals surface area contributed by atoms with Crippen molar-refractivity contribution in [3.05, 3.63) is 40.1 Å². The zero-order valence-electron chi connectivity index (χ0n) is 8.90. The van der Waals surface area contributed by atoms with Gasteiger partial charge in [-0.15, -0.1) is 0 Å². The molecule has 84 valence electrons. The van der Waals surface area contributed by atoms with E-state index in [0.29, 0.717) is 16.9 Å². The summed E-state index contributed by atoms with van der Waals surface area (Å²) in [6, 6.07) is 7.42. The molecule has 0 aliphatic rings. The van der Waals surface area contributed by atoms with E-state index in [1.807, 2.05) is 18.2 Å². The Kier molecular flexibility index (Phi) is 3.33. The predicted octanol–water partition coefficient (Wildman–Crippen LogP) is 2.80. The van der Waals surface area contributed by atoms with Crippen molar-refractivity contribution in [2.24, 2.45) is 0 Å². The van der Waals surface area contributed by atoms with Crippen LogP contribution in [0, 0.1) is 4.71 Å². The molecular formula is C12H12O3S. The molecule has 0 radical (unpaired) electrons. The summed E-state index contributed by atoms with van der Waals surface area (Å²) < 4.78 is 10.9. The van der Waals surface area contributed by atoms with E-state index >= 15 is 0 Å². The Hall–Kier alpha value is -1.23. The first-order valence-electron chi connectivity index (χ1n) is 4.90. The van der Waals surface area contributed by atoms with Gasteiger partial charge in [0.25, 0.3) is 0 Å². The highest BCUT2D eigenvalue weighted by Crippen LogP contribution is 2.21. The van der Waals surface area contributed by atoms with Crippen LogP contribution in [0.15, 0.2) is 28.7 Å². The summed E-state index contributed by atoms with van der Waals surface area (Å²) in [5.41, 5.74) is 2.49. The molecule has 0 spiro atoms. The predicted molar refractivity (Wildman–Crippen MR) is 63.7 cm³/mol. The summed E-state index contributed by atoms with van der Waals surface area (Å²) in [5.74, 6) is 0. The van der Waals surface area contributed by atoms with E-state index in [0.717, 1.165) is 16.5 Å². The van der Waals surface area contributed by atoms with E-state index < -0.39 is 0 Å². The molecule has 4 heteroatoms. The first kappa shape index (κ1) is 11.3. The Balaban J connectivity index is 2.64. The highest BCUT2D eigenvalue weighted by Gasteiger charge is 2.04. The molecule has 0 unspecified atom stereocenters. The molecule has 1 aromatic carbocycles. The summed E-state index contributed by atoms with van der Waals surface area (Å²) >= 11 is 4.99. The Bertz CT molecular complexity index is 560. The highest BCUT2D eigenvalue weighted by molar-refractivity contribution is 7.71. The molecule has 0 aliphatic heterocycles. The minimum atomic E-state index is -0.0415. The number of rotatable bonds is 3. The van der Waals surface area contributed by atoms with E-state index in [2.05, 4.69) is 0 Å². The molecule has 2 rings (SSSR count). The molecule has 1 N–H and O–H groups in total. The fourth-order valence-corrected chi connectivity index (χ4v) is 1.89. The van der Waals surface area contributed by atoms with E-state index in [1.54, 1.807) is 13.2 Å². The number of fused-ring (bicyclic) bond motifs is 1. The standard InChI is InChI=1S/C12H12O3S/c1-14-7-8-2-3-10-9(6-13)5-12(16)15-11(10)4-8/h2-5,13H,6-7H2,1H3. The molecule has 3 nitrogen and oxygen atoms in total. The number of benzene rings is 1. The van der Waals surface area contributed by atoms with Crippen LogP contribution < -0.4 is 0 Å². The summed E-state index contributed by atoms with van der Waals surface area (Å²) in [5, 5.41) is 10.1. The smallest absolute Gasteiger partial charge is 0.191 e. The van der Waals surface area contributed by atoms with Gasteiger partial charge < -0.3 is 14.3 Å². The second kappa shape index (κ2) is 4.74. The monoisotopic (exact) mass is 236 g/mol. The molecule has 1 heterocycles. The maximum absolute atomic E-state index is 9.22. The first-order valence-corrected chi connectivity index (χ1v) is 5.31. The third-order valence-corrected chi connectivity index (χ3v) is 2.58.